The number of nitrogens with two attached hydrogens (primary N) is 1. The van der Waals surface area contributed by atoms with Gasteiger partial charge in [0.1, 0.15) is 0 Å². The Hall–Kier alpha value is -0.480. The van der Waals surface area contributed by atoms with Crippen LogP contribution >= 0.6 is 11.7 Å². The third-order valence-electron chi connectivity index (χ3n) is 3.94. The van der Waals surface area contributed by atoms with E-state index in [2.05, 4.69) is 8.75 Å². The predicted molar refractivity (Wildman–Crippen MR) is 56.0 cm³/mol. The average molecular weight is 209 g/mol. The van der Waals surface area contributed by atoms with Crippen LogP contribution in [-0.2, 0) is 6.42 Å². The van der Waals surface area contributed by atoms with Crippen molar-refractivity contribution in [2.45, 2.75) is 37.6 Å². The highest BCUT2D eigenvalue weighted by atomic mass is 32.1. The summed E-state index contributed by atoms with van der Waals surface area (Å²) in [4.78, 5) is 0. The molecule has 2 N–H and O–H groups in total. The molecule has 2 aliphatic rings. The lowest BCUT2D eigenvalue weighted by molar-refractivity contribution is 0.268. The summed E-state index contributed by atoms with van der Waals surface area (Å²) in [6, 6.07) is 0. The second kappa shape index (κ2) is 3.00. The van der Waals surface area contributed by atoms with Gasteiger partial charge in [-0.1, -0.05) is 6.42 Å². The van der Waals surface area contributed by atoms with Crippen LogP contribution in [0.3, 0.4) is 0 Å². The molecule has 1 heterocycles. The molecule has 0 radical (unpaired) electrons. The molecule has 0 amide bonds. The summed E-state index contributed by atoms with van der Waals surface area (Å²) in [7, 11) is 0. The molecule has 76 valence electrons. The summed E-state index contributed by atoms with van der Waals surface area (Å²) in [6.45, 7) is 0. The zero-order valence-electron chi connectivity index (χ0n) is 8.15. The molecule has 2 bridgehead atoms. The number of hydrogen-bond donors (Lipinski definition) is 1. The van der Waals surface area contributed by atoms with Gasteiger partial charge in [-0.25, -0.2) is 0 Å². The Morgan fingerprint density at radius 2 is 2.50 bits per heavy atom. The average Bonchev–Trinajstić information content (AvgIpc) is 2.78. The van der Waals surface area contributed by atoms with Crippen molar-refractivity contribution in [1.82, 2.24) is 8.75 Å². The maximum absolute atomic E-state index is 6.47. The molecule has 0 spiro atoms. The van der Waals surface area contributed by atoms with E-state index in [-0.39, 0.29) is 5.54 Å². The van der Waals surface area contributed by atoms with E-state index in [0.717, 1.165) is 24.0 Å². The highest BCUT2D eigenvalue weighted by Crippen LogP contribution is 2.50. The molecular weight excluding hydrogens is 194 g/mol. The van der Waals surface area contributed by atoms with Gasteiger partial charge < -0.3 is 5.73 Å². The molecule has 3 nitrogen and oxygen atoms in total. The van der Waals surface area contributed by atoms with Gasteiger partial charge in [0.05, 0.1) is 23.6 Å². The number of aromatic nitrogens is 2. The van der Waals surface area contributed by atoms with Gasteiger partial charge in [-0.2, -0.15) is 8.75 Å². The molecule has 14 heavy (non-hydrogen) atoms. The fourth-order valence-corrected chi connectivity index (χ4v) is 3.73. The molecule has 3 atom stereocenters. The topological polar surface area (TPSA) is 51.8 Å². The monoisotopic (exact) mass is 209 g/mol. The van der Waals surface area contributed by atoms with Gasteiger partial charge in [0.25, 0.3) is 0 Å². The van der Waals surface area contributed by atoms with Gasteiger partial charge in [0.15, 0.2) is 0 Å². The van der Waals surface area contributed by atoms with Crippen LogP contribution in [0, 0.1) is 11.8 Å². The van der Waals surface area contributed by atoms with Crippen molar-refractivity contribution in [2.75, 3.05) is 0 Å². The molecule has 2 fully saturated rings. The molecule has 0 aromatic carbocycles. The molecule has 0 aliphatic heterocycles. The third kappa shape index (κ3) is 1.28. The molecular formula is C10H15N3S. The van der Waals surface area contributed by atoms with E-state index in [1.165, 1.54) is 37.4 Å². The van der Waals surface area contributed by atoms with Gasteiger partial charge in [-0.3, -0.25) is 0 Å². The molecule has 2 saturated carbocycles. The van der Waals surface area contributed by atoms with Crippen LogP contribution < -0.4 is 5.73 Å². The highest BCUT2D eigenvalue weighted by molar-refractivity contribution is 6.99. The van der Waals surface area contributed by atoms with Crippen molar-refractivity contribution in [1.29, 1.82) is 0 Å². The molecule has 3 rings (SSSR count). The third-order valence-corrected chi connectivity index (χ3v) is 4.46. The number of nitrogens with zero attached hydrogens (tertiary/aromatic N) is 2. The molecule has 1 aromatic rings. The Balaban J connectivity index is 1.78. The van der Waals surface area contributed by atoms with E-state index < -0.39 is 0 Å². The smallest absolute Gasteiger partial charge is 0.0761 e. The van der Waals surface area contributed by atoms with E-state index in [4.69, 9.17) is 5.73 Å². The van der Waals surface area contributed by atoms with Crippen LogP contribution in [0.4, 0.5) is 0 Å². The Morgan fingerprint density at radius 1 is 1.57 bits per heavy atom. The first-order chi connectivity index (χ1) is 6.76. The Bertz CT molecular complexity index is 324. The van der Waals surface area contributed by atoms with Crippen molar-refractivity contribution in [2.24, 2.45) is 17.6 Å². The fraction of sp³-hybridized carbons (Fsp3) is 0.800. The first-order valence-corrected chi connectivity index (χ1v) is 6.05. The first-order valence-electron chi connectivity index (χ1n) is 5.31. The van der Waals surface area contributed by atoms with Crippen molar-refractivity contribution >= 4 is 11.7 Å². The summed E-state index contributed by atoms with van der Waals surface area (Å²) in [5.41, 5.74) is 7.60. The summed E-state index contributed by atoms with van der Waals surface area (Å²) >= 11 is 1.29. The fourth-order valence-electron chi connectivity index (χ4n) is 3.30. The highest BCUT2D eigenvalue weighted by Gasteiger charge is 2.48. The van der Waals surface area contributed by atoms with Crippen molar-refractivity contribution in [3.63, 3.8) is 0 Å². The van der Waals surface area contributed by atoms with Crippen LogP contribution in [-0.4, -0.2) is 14.3 Å². The molecule has 2 aliphatic carbocycles. The Labute approximate surface area is 88.0 Å². The number of hydrogen-bond acceptors (Lipinski definition) is 4. The lowest BCUT2D eigenvalue weighted by Crippen LogP contribution is -2.47. The summed E-state index contributed by atoms with van der Waals surface area (Å²) in [5.74, 6) is 1.64. The Kier molecular flexibility index (Phi) is 1.89. The van der Waals surface area contributed by atoms with Crippen LogP contribution in [0.1, 0.15) is 31.4 Å². The number of fused-ring (bicyclic) bond motifs is 2. The van der Waals surface area contributed by atoms with E-state index in [1.54, 1.807) is 0 Å². The normalized spacial score (nSPS) is 40.6. The van der Waals surface area contributed by atoms with Crippen LogP contribution in [0.15, 0.2) is 6.20 Å². The van der Waals surface area contributed by atoms with Gasteiger partial charge in [0.2, 0.25) is 0 Å². The van der Waals surface area contributed by atoms with E-state index in [0.29, 0.717) is 0 Å². The van der Waals surface area contributed by atoms with Gasteiger partial charge in [0, 0.05) is 12.0 Å². The zero-order chi connectivity index (χ0) is 9.60. The summed E-state index contributed by atoms with van der Waals surface area (Å²) < 4.78 is 8.29. The van der Waals surface area contributed by atoms with Gasteiger partial charge in [-0.15, -0.1) is 0 Å². The van der Waals surface area contributed by atoms with E-state index in [1.807, 2.05) is 6.20 Å². The second-order valence-corrected chi connectivity index (χ2v) is 5.45. The van der Waals surface area contributed by atoms with Gasteiger partial charge >= 0.3 is 0 Å². The SMILES string of the molecule is NC1(Cc2cnsn2)CC2CCC1C2. The molecule has 3 unspecified atom stereocenters. The zero-order valence-corrected chi connectivity index (χ0v) is 8.96. The second-order valence-electron chi connectivity index (χ2n) is 4.89. The lowest BCUT2D eigenvalue weighted by atomic mass is 9.79. The quantitative estimate of drug-likeness (QED) is 0.805. The summed E-state index contributed by atoms with van der Waals surface area (Å²) in [6.07, 6.45) is 8.09. The van der Waals surface area contributed by atoms with Gasteiger partial charge in [-0.05, 0) is 31.1 Å². The minimum atomic E-state index is 0.0403. The number of rotatable bonds is 2. The maximum atomic E-state index is 6.47. The molecule has 4 heteroatoms. The standard InChI is InChI=1S/C10H15N3S/c11-10(5-9-6-12-14-13-9)4-7-1-2-8(10)3-7/h6-8H,1-5,11H2. The van der Waals surface area contributed by atoms with E-state index >= 15 is 0 Å². The van der Waals surface area contributed by atoms with E-state index in [9.17, 15) is 0 Å². The first kappa shape index (κ1) is 8.80. The van der Waals surface area contributed by atoms with Crippen molar-refractivity contribution in [3.8, 4) is 0 Å². The van der Waals surface area contributed by atoms with Crippen LogP contribution in [0.2, 0.25) is 0 Å². The van der Waals surface area contributed by atoms with Crippen molar-refractivity contribution < 1.29 is 0 Å². The lowest BCUT2D eigenvalue weighted by Gasteiger charge is -2.33. The largest absolute Gasteiger partial charge is 0.324 e. The maximum Gasteiger partial charge on any atom is 0.0761 e. The molecule has 0 saturated heterocycles. The minimum absolute atomic E-state index is 0.0403. The predicted octanol–water partition coefficient (Wildman–Crippen LogP) is 1.60. The molecule has 1 aromatic heterocycles. The minimum Gasteiger partial charge on any atom is -0.324 e. The van der Waals surface area contributed by atoms with Crippen LogP contribution in [0.5, 0.6) is 0 Å². The van der Waals surface area contributed by atoms with Crippen molar-refractivity contribution in [3.05, 3.63) is 11.9 Å². The van der Waals surface area contributed by atoms with Crippen LogP contribution in [0.25, 0.3) is 0 Å². The Morgan fingerprint density at radius 3 is 3.07 bits per heavy atom. The summed E-state index contributed by atoms with van der Waals surface area (Å²) in [5, 5.41) is 0.